The first-order chi connectivity index (χ1) is 8.97. The van der Waals surface area contributed by atoms with Gasteiger partial charge in [0.05, 0.1) is 12.2 Å². The molecule has 1 aliphatic carbocycles. The van der Waals surface area contributed by atoms with Crippen LogP contribution < -0.4 is 5.32 Å². The normalized spacial score (nSPS) is 28.6. The number of aromatic nitrogens is 2. The van der Waals surface area contributed by atoms with Gasteiger partial charge in [-0.05, 0) is 50.1 Å². The van der Waals surface area contributed by atoms with Crippen LogP contribution in [0.3, 0.4) is 0 Å². The van der Waals surface area contributed by atoms with Crippen LogP contribution in [-0.2, 0) is 0 Å². The molecule has 19 heavy (non-hydrogen) atoms. The van der Waals surface area contributed by atoms with E-state index in [4.69, 9.17) is 0 Å². The molecule has 0 aliphatic heterocycles. The van der Waals surface area contributed by atoms with E-state index in [1.807, 2.05) is 6.20 Å². The summed E-state index contributed by atoms with van der Waals surface area (Å²) in [4.78, 5) is 0. The Balaban J connectivity index is 2.18. The van der Waals surface area contributed by atoms with Crippen molar-refractivity contribution in [3.63, 3.8) is 0 Å². The van der Waals surface area contributed by atoms with Crippen molar-refractivity contribution in [3.05, 3.63) is 18.0 Å². The van der Waals surface area contributed by atoms with Gasteiger partial charge in [0.25, 0.3) is 0 Å². The van der Waals surface area contributed by atoms with E-state index in [0.29, 0.717) is 17.5 Å². The van der Waals surface area contributed by atoms with Crippen LogP contribution in [-0.4, -0.2) is 22.9 Å². The molecule has 0 saturated heterocycles. The molecule has 3 heteroatoms. The molecule has 1 aliphatic rings. The highest BCUT2D eigenvalue weighted by molar-refractivity contribution is 5.03. The quantitative estimate of drug-likeness (QED) is 0.900. The highest BCUT2D eigenvalue weighted by Crippen LogP contribution is 2.43. The van der Waals surface area contributed by atoms with Crippen molar-refractivity contribution in [2.24, 2.45) is 11.3 Å². The summed E-state index contributed by atoms with van der Waals surface area (Å²) in [6, 6.07) is 1.06. The van der Waals surface area contributed by atoms with E-state index >= 15 is 0 Å². The van der Waals surface area contributed by atoms with Crippen LogP contribution in [0.15, 0.2) is 12.4 Å². The summed E-state index contributed by atoms with van der Waals surface area (Å²) in [6.07, 6.45) is 9.26. The maximum absolute atomic E-state index is 4.56. The number of aryl methyl sites for hydroxylation is 1. The van der Waals surface area contributed by atoms with E-state index in [1.54, 1.807) is 0 Å². The largest absolute Gasteiger partial charge is 0.315 e. The standard InChI is InChI=1S/C16H29N3/c1-6-16(3,4)13-7-8-14(17-5)15(9-13)19-11-12(2)10-18-19/h10-11,13-15,17H,6-9H2,1-5H3. The number of hydrogen-bond donors (Lipinski definition) is 1. The Morgan fingerprint density at radius 2 is 2.16 bits per heavy atom. The zero-order chi connectivity index (χ0) is 14.0. The SMILES string of the molecule is CCC(C)(C)C1CCC(NC)C(n2cc(C)cn2)C1. The molecule has 1 heterocycles. The minimum atomic E-state index is 0.444. The van der Waals surface area contributed by atoms with E-state index in [9.17, 15) is 0 Å². The third-order valence-electron chi connectivity index (χ3n) is 5.27. The molecule has 1 fully saturated rings. The minimum Gasteiger partial charge on any atom is -0.315 e. The van der Waals surface area contributed by atoms with Gasteiger partial charge in [-0.1, -0.05) is 27.2 Å². The summed E-state index contributed by atoms with van der Waals surface area (Å²) >= 11 is 0. The summed E-state index contributed by atoms with van der Waals surface area (Å²) in [6.45, 7) is 9.27. The van der Waals surface area contributed by atoms with Crippen LogP contribution in [0.4, 0.5) is 0 Å². The molecular weight excluding hydrogens is 234 g/mol. The molecule has 108 valence electrons. The lowest BCUT2D eigenvalue weighted by molar-refractivity contribution is 0.0984. The molecular formula is C16H29N3. The first kappa shape index (κ1) is 14.6. The molecule has 0 spiro atoms. The van der Waals surface area contributed by atoms with Crippen LogP contribution in [0.25, 0.3) is 0 Å². The molecule has 1 saturated carbocycles. The van der Waals surface area contributed by atoms with Gasteiger partial charge in [0.15, 0.2) is 0 Å². The van der Waals surface area contributed by atoms with Gasteiger partial charge in [-0.15, -0.1) is 0 Å². The maximum Gasteiger partial charge on any atom is 0.0674 e. The highest BCUT2D eigenvalue weighted by Gasteiger charge is 2.37. The number of likely N-dealkylation sites (N-methyl/N-ethyl adjacent to an activating group) is 1. The second kappa shape index (κ2) is 5.66. The van der Waals surface area contributed by atoms with E-state index in [2.05, 4.69) is 56.0 Å². The van der Waals surface area contributed by atoms with Gasteiger partial charge in [0, 0.05) is 12.2 Å². The zero-order valence-corrected chi connectivity index (χ0v) is 13.1. The Bertz CT molecular complexity index is 408. The average molecular weight is 263 g/mol. The Morgan fingerprint density at radius 3 is 2.68 bits per heavy atom. The summed E-state index contributed by atoms with van der Waals surface area (Å²) in [5.41, 5.74) is 1.70. The van der Waals surface area contributed by atoms with Crippen molar-refractivity contribution in [1.29, 1.82) is 0 Å². The van der Waals surface area contributed by atoms with Crippen molar-refractivity contribution in [1.82, 2.24) is 15.1 Å². The molecule has 1 aromatic heterocycles. The molecule has 1 N–H and O–H groups in total. The van der Waals surface area contributed by atoms with Crippen LogP contribution in [0.5, 0.6) is 0 Å². The zero-order valence-electron chi connectivity index (χ0n) is 13.1. The predicted octanol–water partition coefficient (Wildman–Crippen LogP) is 3.56. The van der Waals surface area contributed by atoms with Crippen LogP contribution >= 0.6 is 0 Å². The number of nitrogens with one attached hydrogen (secondary N) is 1. The predicted molar refractivity (Wildman–Crippen MR) is 80.3 cm³/mol. The minimum absolute atomic E-state index is 0.444. The second-order valence-electron chi connectivity index (χ2n) is 6.81. The van der Waals surface area contributed by atoms with Gasteiger partial charge in [0.2, 0.25) is 0 Å². The Morgan fingerprint density at radius 1 is 1.42 bits per heavy atom. The van der Waals surface area contributed by atoms with E-state index in [1.165, 1.54) is 31.2 Å². The third-order valence-corrected chi connectivity index (χ3v) is 5.27. The first-order valence-corrected chi connectivity index (χ1v) is 7.66. The Labute approximate surface area is 117 Å². The molecule has 1 aromatic rings. The summed E-state index contributed by atoms with van der Waals surface area (Å²) in [5, 5.41) is 8.05. The molecule has 0 radical (unpaired) electrons. The summed E-state index contributed by atoms with van der Waals surface area (Å²) in [5.74, 6) is 0.802. The average Bonchev–Trinajstić information content (AvgIpc) is 2.84. The lowest BCUT2D eigenvalue weighted by Crippen LogP contribution is -2.43. The lowest BCUT2D eigenvalue weighted by Gasteiger charge is -2.43. The molecule has 3 nitrogen and oxygen atoms in total. The van der Waals surface area contributed by atoms with Crippen LogP contribution in [0.2, 0.25) is 0 Å². The van der Waals surface area contributed by atoms with Gasteiger partial charge in [-0.25, -0.2) is 0 Å². The first-order valence-electron chi connectivity index (χ1n) is 7.66. The van der Waals surface area contributed by atoms with Gasteiger partial charge in [0.1, 0.15) is 0 Å². The molecule has 2 rings (SSSR count). The fourth-order valence-electron chi connectivity index (χ4n) is 3.39. The van der Waals surface area contributed by atoms with Crippen molar-refractivity contribution >= 4 is 0 Å². The molecule has 0 amide bonds. The van der Waals surface area contributed by atoms with E-state index in [-0.39, 0.29) is 0 Å². The molecule has 3 unspecified atom stereocenters. The van der Waals surface area contributed by atoms with Crippen molar-refractivity contribution in [3.8, 4) is 0 Å². The molecule has 0 bridgehead atoms. The highest BCUT2D eigenvalue weighted by atomic mass is 15.3. The van der Waals surface area contributed by atoms with Crippen molar-refractivity contribution in [2.75, 3.05) is 7.05 Å². The third kappa shape index (κ3) is 3.02. The van der Waals surface area contributed by atoms with Crippen molar-refractivity contribution in [2.45, 2.75) is 65.5 Å². The second-order valence-corrected chi connectivity index (χ2v) is 6.81. The van der Waals surface area contributed by atoms with Gasteiger partial charge in [-0.3, -0.25) is 4.68 Å². The summed E-state index contributed by atoms with van der Waals surface area (Å²) in [7, 11) is 2.08. The number of rotatable bonds is 4. The maximum atomic E-state index is 4.56. The monoisotopic (exact) mass is 263 g/mol. The lowest BCUT2D eigenvalue weighted by atomic mass is 9.67. The topological polar surface area (TPSA) is 29.9 Å². The summed E-state index contributed by atoms with van der Waals surface area (Å²) < 4.78 is 2.19. The van der Waals surface area contributed by atoms with Gasteiger partial charge >= 0.3 is 0 Å². The van der Waals surface area contributed by atoms with Crippen molar-refractivity contribution < 1.29 is 0 Å². The van der Waals surface area contributed by atoms with Gasteiger partial charge in [-0.2, -0.15) is 5.10 Å². The Hall–Kier alpha value is -0.830. The molecule has 0 aromatic carbocycles. The van der Waals surface area contributed by atoms with E-state index in [0.717, 1.165) is 5.92 Å². The van der Waals surface area contributed by atoms with Crippen LogP contribution in [0.1, 0.15) is 58.1 Å². The number of nitrogens with zero attached hydrogens (tertiary/aromatic N) is 2. The fourth-order valence-corrected chi connectivity index (χ4v) is 3.39. The fraction of sp³-hybridized carbons (Fsp3) is 0.812. The smallest absolute Gasteiger partial charge is 0.0674 e. The van der Waals surface area contributed by atoms with Gasteiger partial charge < -0.3 is 5.32 Å². The van der Waals surface area contributed by atoms with Crippen LogP contribution in [0, 0.1) is 18.3 Å². The molecule has 3 atom stereocenters. The Kier molecular flexibility index (Phi) is 4.34. The van der Waals surface area contributed by atoms with E-state index < -0.39 is 0 Å². The number of hydrogen-bond acceptors (Lipinski definition) is 2.